The van der Waals surface area contributed by atoms with Crippen molar-refractivity contribution in [2.24, 2.45) is 5.73 Å². The summed E-state index contributed by atoms with van der Waals surface area (Å²) in [5.41, 5.74) is 12.2. The summed E-state index contributed by atoms with van der Waals surface area (Å²) in [5, 5.41) is -0.440. The predicted molar refractivity (Wildman–Crippen MR) is 317 cm³/mol. The fraction of sp³-hybridized carbons (Fsp3) is 0.348. The van der Waals surface area contributed by atoms with Gasteiger partial charge in [-0.3, -0.25) is 19.2 Å². The van der Waals surface area contributed by atoms with Crippen molar-refractivity contribution in [3.05, 3.63) is 215 Å². The zero-order valence-corrected chi connectivity index (χ0v) is 48.4. The Labute approximate surface area is 493 Å². The molecule has 0 spiro atoms. The zero-order valence-electron chi connectivity index (χ0n) is 47.7. The van der Waals surface area contributed by atoms with Crippen molar-refractivity contribution < 1.29 is 62.0 Å². The normalized spacial score (nSPS) is 15.5. The third-order valence-electron chi connectivity index (χ3n) is 12.5. The highest BCUT2D eigenvalue weighted by Crippen LogP contribution is 2.29. The van der Waals surface area contributed by atoms with Gasteiger partial charge in [-0.25, -0.2) is 14.4 Å². The molecular formula is C66H78ClN3O13. The molecule has 2 heterocycles. The number of hydrogen-bond acceptors (Lipinski definition) is 14. The Bertz CT molecular complexity index is 2650. The monoisotopic (exact) mass is 1160 g/mol. The van der Waals surface area contributed by atoms with Gasteiger partial charge in [-0.2, -0.15) is 0 Å². The van der Waals surface area contributed by atoms with Gasteiger partial charge in [0.15, 0.2) is 24.3 Å². The summed E-state index contributed by atoms with van der Waals surface area (Å²) in [7, 11) is 0. The fourth-order valence-electron chi connectivity index (χ4n) is 8.46. The Hall–Kier alpha value is -7.86. The number of carbonyl (C=O) groups is 7. The molecule has 2 aliphatic rings. The van der Waals surface area contributed by atoms with Gasteiger partial charge in [0.25, 0.3) is 11.8 Å². The highest BCUT2D eigenvalue weighted by atomic mass is 35.5. The largest absolute Gasteiger partial charge is 0.464 e. The van der Waals surface area contributed by atoms with Gasteiger partial charge in [0.2, 0.25) is 11.5 Å². The molecule has 2 N–H and O–H groups in total. The Morgan fingerprint density at radius 3 is 1.06 bits per heavy atom. The molecule has 0 unspecified atom stereocenters. The Morgan fingerprint density at radius 2 is 0.783 bits per heavy atom. The van der Waals surface area contributed by atoms with Crippen molar-refractivity contribution in [2.75, 3.05) is 46.2 Å². The lowest BCUT2D eigenvalue weighted by Crippen LogP contribution is -2.68. The van der Waals surface area contributed by atoms with Gasteiger partial charge in [-0.1, -0.05) is 182 Å². The molecule has 0 radical (unpaired) electrons. The second kappa shape index (κ2) is 40.4. The maximum absolute atomic E-state index is 12.5. The first-order valence-corrected chi connectivity index (χ1v) is 28.3. The molecule has 6 aromatic rings. The van der Waals surface area contributed by atoms with E-state index in [1.54, 1.807) is 20.8 Å². The van der Waals surface area contributed by atoms with Gasteiger partial charge in [0.05, 0.1) is 19.8 Å². The van der Waals surface area contributed by atoms with Crippen LogP contribution in [-0.4, -0.2) is 122 Å². The van der Waals surface area contributed by atoms with Gasteiger partial charge in [-0.05, 0) is 104 Å². The quantitative estimate of drug-likeness (QED) is 0.00971. The van der Waals surface area contributed by atoms with E-state index in [4.69, 9.17) is 41.0 Å². The van der Waals surface area contributed by atoms with Crippen LogP contribution in [0, 0.1) is 0 Å². The Kier molecular flexibility index (Phi) is 32.9. The van der Waals surface area contributed by atoms with E-state index in [0.717, 1.165) is 49.7 Å². The SMILES string of the molecule is CCOC(=O)C=O.CCOC(=O)[C@@H]1[C@H](OCCCc2ccccc2)C(=O)N1Cc1ccccc1.CCOC(=O)[C@H]1[C@@H](OCCCc2ccccc2)C(=O)N1Cc1ccccc1.NCc1ccccc1.O=C(Cl)COCCCc1ccccc1. The molecule has 83 heavy (non-hydrogen) atoms. The van der Waals surface area contributed by atoms with Gasteiger partial charge >= 0.3 is 17.9 Å². The van der Waals surface area contributed by atoms with Crippen molar-refractivity contribution in [1.29, 1.82) is 0 Å². The van der Waals surface area contributed by atoms with Crippen LogP contribution < -0.4 is 5.73 Å². The number of β-lactam (4-membered cyclic amide) rings is 2. The van der Waals surface area contributed by atoms with Crippen molar-refractivity contribution in [3.8, 4) is 0 Å². The number of hydrogen-bond donors (Lipinski definition) is 1. The summed E-state index contributed by atoms with van der Waals surface area (Å²) in [4.78, 5) is 82.4. The molecule has 16 nitrogen and oxygen atoms in total. The van der Waals surface area contributed by atoms with E-state index in [9.17, 15) is 33.6 Å². The van der Waals surface area contributed by atoms with Crippen molar-refractivity contribution in [2.45, 2.75) is 103 Å². The highest BCUT2D eigenvalue weighted by Gasteiger charge is 2.54. The number of aryl methyl sites for hydroxylation is 3. The average molecular weight is 1160 g/mol. The third kappa shape index (κ3) is 25.4. The minimum absolute atomic E-state index is 0.0103. The van der Waals surface area contributed by atoms with Crippen LogP contribution in [0.4, 0.5) is 0 Å². The van der Waals surface area contributed by atoms with Crippen molar-refractivity contribution >= 4 is 52.9 Å². The summed E-state index contributed by atoms with van der Waals surface area (Å²) in [6.45, 7) is 8.84. The lowest BCUT2D eigenvalue weighted by atomic mass is 9.96. The van der Waals surface area contributed by atoms with E-state index in [1.165, 1.54) is 32.1 Å². The lowest BCUT2D eigenvalue weighted by Gasteiger charge is -2.44. The van der Waals surface area contributed by atoms with Crippen LogP contribution >= 0.6 is 11.6 Å². The summed E-state index contributed by atoms with van der Waals surface area (Å²) >= 11 is 5.11. The van der Waals surface area contributed by atoms with Gasteiger partial charge in [-0.15, -0.1) is 0 Å². The summed E-state index contributed by atoms with van der Waals surface area (Å²) in [6, 6.07) is 58.3. The Balaban J connectivity index is 0.000000245. The molecule has 17 heteroatoms. The number of halogens is 1. The molecule has 0 aromatic heterocycles. The molecule has 8 rings (SSSR count). The van der Waals surface area contributed by atoms with Crippen LogP contribution in [0.3, 0.4) is 0 Å². The first kappa shape index (κ1) is 67.6. The van der Waals surface area contributed by atoms with E-state index >= 15 is 0 Å². The van der Waals surface area contributed by atoms with Crippen LogP contribution in [0.5, 0.6) is 0 Å². The second-order valence-corrected chi connectivity index (χ2v) is 19.0. The summed E-state index contributed by atoms with van der Waals surface area (Å²) in [5.74, 6) is -1.92. The van der Waals surface area contributed by atoms with Gasteiger partial charge in [0, 0.05) is 39.5 Å². The molecule has 2 saturated heterocycles. The van der Waals surface area contributed by atoms with Crippen molar-refractivity contribution in [1.82, 2.24) is 9.80 Å². The zero-order chi connectivity index (χ0) is 59.9. The first-order chi connectivity index (χ1) is 40.4. The molecule has 4 atom stereocenters. The number of amides is 2. The lowest BCUT2D eigenvalue weighted by molar-refractivity contribution is -0.189. The van der Waals surface area contributed by atoms with E-state index in [0.29, 0.717) is 39.5 Å². The minimum atomic E-state index is -0.803. The van der Waals surface area contributed by atoms with E-state index in [-0.39, 0.29) is 44.5 Å². The smallest absolute Gasteiger partial charge is 0.371 e. The van der Waals surface area contributed by atoms with Crippen molar-refractivity contribution in [3.63, 3.8) is 0 Å². The molecule has 0 saturated carbocycles. The number of nitrogens with zero attached hydrogens (tertiary/aromatic N) is 2. The van der Waals surface area contributed by atoms with Crippen LogP contribution in [0.2, 0.25) is 0 Å². The number of esters is 3. The van der Waals surface area contributed by atoms with Gasteiger partial charge in [0.1, 0.15) is 6.61 Å². The molecule has 0 aliphatic carbocycles. The van der Waals surface area contributed by atoms with E-state index in [2.05, 4.69) is 41.1 Å². The minimum Gasteiger partial charge on any atom is -0.464 e. The first-order valence-electron chi connectivity index (χ1n) is 27.9. The molecule has 2 amide bonds. The summed E-state index contributed by atoms with van der Waals surface area (Å²) < 4.78 is 31.1. The predicted octanol–water partition coefficient (Wildman–Crippen LogP) is 9.25. The van der Waals surface area contributed by atoms with Crippen LogP contribution in [0.1, 0.15) is 73.4 Å². The fourth-order valence-corrected chi connectivity index (χ4v) is 8.53. The number of carbonyl (C=O) groups excluding carboxylic acids is 7. The van der Waals surface area contributed by atoms with E-state index < -0.39 is 47.4 Å². The molecule has 2 aliphatic heterocycles. The maximum atomic E-state index is 12.5. The van der Waals surface area contributed by atoms with Crippen LogP contribution in [0.25, 0.3) is 0 Å². The number of nitrogens with two attached hydrogens (primary N) is 1. The molecule has 0 bridgehead atoms. The molecular weight excluding hydrogens is 1080 g/mol. The number of likely N-dealkylation sites (tertiary alicyclic amines) is 2. The number of aldehydes is 1. The number of rotatable bonds is 27. The second-order valence-electron chi connectivity index (χ2n) is 18.6. The van der Waals surface area contributed by atoms with E-state index in [1.807, 2.05) is 146 Å². The topological polar surface area (TPSA) is 207 Å². The number of ether oxygens (including phenoxy) is 6. The summed E-state index contributed by atoms with van der Waals surface area (Å²) in [6.07, 6.45) is 3.87. The molecule has 2 fully saturated rings. The van der Waals surface area contributed by atoms with Crippen LogP contribution in [-0.2, 0) is 101 Å². The molecule has 442 valence electrons. The van der Waals surface area contributed by atoms with Gasteiger partial charge < -0.3 is 44.0 Å². The van der Waals surface area contributed by atoms with Crippen LogP contribution in [0.15, 0.2) is 182 Å². The average Bonchev–Trinajstić information content (AvgIpc) is 3.34. The maximum Gasteiger partial charge on any atom is 0.371 e. The molecule has 6 aromatic carbocycles. The Morgan fingerprint density at radius 1 is 0.470 bits per heavy atom. The third-order valence-corrected chi connectivity index (χ3v) is 12.6. The number of benzene rings is 6. The standard InChI is InChI=1S/2C22H25NO4.C11H13ClO2.C7H9N.C4H6O3/c2*1-2-26-22(25)19-20(27-15-9-14-17-10-5-3-6-11-17)21(24)23(19)16-18-12-7-4-8-13-18;12-11(13)9-14-8-4-7-10-5-2-1-3-6-10;8-6-7-4-2-1-3-5-7;1-2-7-4(6)3-5/h2*3-8,10-13,19-20H,2,9,14-16H2,1H3;1-3,5-6H,4,7-9H2;1-5H,6,8H2;3H,2H2,1H3/t2*19-,20-;;;/m10.../s1. The highest BCUT2D eigenvalue weighted by molar-refractivity contribution is 6.63.